The summed E-state index contributed by atoms with van der Waals surface area (Å²) in [5.41, 5.74) is 0.476. The summed E-state index contributed by atoms with van der Waals surface area (Å²) >= 11 is 0. The van der Waals surface area contributed by atoms with Gasteiger partial charge in [0.25, 0.3) is 5.91 Å². The lowest BCUT2D eigenvalue weighted by Gasteiger charge is -2.07. The standard InChI is InChI=1S/C16H13F2NO3/c17-12-7-5-11(6-8-12)10-22-15(20)9-19-16(21)13-3-1-2-4-14(13)18/h1-8H,9-10H2,(H,19,21). The van der Waals surface area contributed by atoms with E-state index < -0.39 is 17.7 Å². The van der Waals surface area contributed by atoms with Gasteiger partial charge >= 0.3 is 5.97 Å². The summed E-state index contributed by atoms with van der Waals surface area (Å²) in [7, 11) is 0. The average Bonchev–Trinajstić information content (AvgIpc) is 2.52. The molecule has 0 saturated carbocycles. The molecule has 22 heavy (non-hydrogen) atoms. The summed E-state index contributed by atoms with van der Waals surface area (Å²) in [4.78, 5) is 23.2. The summed E-state index contributed by atoms with van der Waals surface area (Å²) < 4.78 is 31.0. The number of nitrogens with one attached hydrogen (secondary N) is 1. The molecule has 0 saturated heterocycles. The van der Waals surface area contributed by atoms with Crippen molar-refractivity contribution in [1.29, 1.82) is 0 Å². The lowest BCUT2D eigenvalue weighted by Crippen LogP contribution is -2.31. The zero-order chi connectivity index (χ0) is 15.9. The maximum absolute atomic E-state index is 13.4. The van der Waals surface area contributed by atoms with E-state index in [0.717, 1.165) is 6.07 Å². The van der Waals surface area contributed by atoms with Crippen LogP contribution in [0.15, 0.2) is 48.5 Å². The van der Waals surface area contributed by atoms with Crippen molar-refractivity contribution in [3.8, 4) is 0 Å². The molecule has 1 amide bonds. The highest BCUT2D eigenvalue weighted by atomic mass is 19.1. The molecule has 0 spiro atoms. The minimum absolute atomic E-state index is 0.0331. The number of hydrogen-bond donors (Lipinski definition) is 1. The number of esters is 1. The first-order valence-corrected chi connectivity index (χ1v) is 6.49. The van der Waals surface area contributed by atoms with Crippen LogP contribution in [0, 0.1) is 11.6 Å². The van der Waals surface area contributed by atoms with E-state index in [0.29, 0.717) is 5.56 Å². The summed E-state index contributed by atoms with van der Waals surface area (Å²) in [6, 6.07) is 10.9. The van der Waals surface area contributed by atoms with Crippen LogP contribution in [-0.2, 0) is 16.1 Å². The largest absolute Gasteiger partial charge is 0.460 e. The molecule has 0 aliphatic rings. The molecular weight excluding hydrogens is 292 g/mol. The average molecular weight is 305 g/mol. The van der Waals surface area contributed by atoms with Gasteiger partial charge in [0.15, 0.2) is 0 Å². The Hall–Kier alpha value is -2.76. The molecule has 0 bridgehead atoms. The van der Waals surface area contributed by atoms with Crippen molar-refractivity contribution in [3.63, 3.8) is 0 Å². The van der Waals surface area contributed by atoms with E-state index in [2.05, 4.69) is 5.32 Å². The Balaban J connectivity index is 1.79. The molecule has 0 aliphatic carbocycles. The van der Waals surface area contributed by atoms with Crippen LogP contribution in [0.2, 0.25) is 0 Å². The van der Waals surface area contributed by atoms with E-state index in [1.807, 2.05) is 0 Å². The summed E-state index contributed by atoms with van der Waals surface area (Å²) in [5.74, 6) is -2.42. The second kappa shape index (κ2) is 7.31. The number of carbonyl (C=O) groups excluding carboxylic acids is 2. The van der Waals surface area contributed by atoms with E-state index in [1.165, 1.54) is 42.5 Å². The molecule has 0 atom stereocenters. The lowest BCUT2D eigenvalue weighted by atomic mass is 10.2. The number of amides is 1. The van der Waals surface area contributed by atoms with Gasteiger partial charge in [0.1, 0.15) is 24.8 Å². The Morgan fingerprint density at radius 2 is 1.68 bits per heavy atom. The van der Waals surface area contributed by atoms with E-state index in [1.54, 1.807) is 0 Å². The molecule has 0 aliphatic heterocycles. The lowest BCUT2D eigenvalue weighted by molar-refractivity contribution is -0.143. The molecule has 4 nitrogen and oxygen atoms in total. The number of rotatable bonds is 5. The topological polar surface area (TPSA) is 55.4 Å². The second-order valence-corrected chi connectivity index (χ2v) is 4.45. The van der Waals surface area contributed by atoms with Crippen LogP contribution in [0.4, 0.5) is 8.78 Å². The zero-order valence-electron chi connectivity index (χ0n) is 11.5. The van der Waals surface area contributed by atoms with Gasteiger partial charge < -0.3 is 10.1 Å². The van der Waals surface area contributed by atoms with E-state index >= 15 is 0 Å². The van der Waals surface area contributed by atoms with Crippen LogP contribution in [0.25, 0.3) is 0 Å². The molecule has 0 radical (unpaired) electrons. The highest BCUT2D eigenvalue weighted by molar-refractivity contribution is 5.96. The van der Waals surface area contributed by atoms with Gasteiger partial charge in [-0.3, -0.25) is 9.59 Å². The van der Waals surface area contributed by atoms with Gasteiger partial charge in [-0.25, -0.2) is 8.78 Å². The van der Waals surface area contributed by atoms with Crippen LogP contribution in [-0.4, -0.2) is 18.4 Å². The quantitative estimate of drug-likeness (QED) is 0.863. The molecule has 2 rings (SSSR count). The van der Waals surface area contributed by atoms with E-state index in [9.17, 15) is 18.4 Å². The Bertz CT molecular complexity index is 671. The predicted molar refractivity (Wildman–Crippen MR) is 74.9 cm³/mol. The number of benzene rings is 2. The molecule has 0 unspecified atom stereocenters. The van der Waals surface area contributed by atoms with Crippen LogP contribution in [0.3, 0.4) is 0 Å². The molecular formula is C16H13F2NO3. The third kappa shape index (κ3) is 4.37. The monoisotopic (exact) mass is 305 g/mol. The van der Waals surface area contributed by atoms with Crippen molar-refractivity contribution in [3.05, 3.63) is 71.3 Å². The molecule has 2 aromatic carbocycles. The zero-order valence-corrected chi connectivity index (χ0v) is 11.5. The molecule has 114 valence electrons. The highest BCUT2D eigenvalue weighted by Gasteiger charge is 2.12. The normalized spacial score (nSPS) is 10.1. The minimum atomic E-state index is -0.697. The van der Waals surface area contributed by atoms with Gasteiger partial charge in [-0.15, -0.1) is 0 Å². The molecule has 2 aromatic rings. The maximum atomic E-state index is 13.4. The van der Waals surface area contributed by atoms with Crippen molar-refractivity contribution in [1.82, 2.24) is 5.32 Å². The van der Waals surface area contributed by atoms with Crippen LogP contribution in [0.1, 0.15) is 15.9 Å². The fourth-order valence-electron chi connectivity index (χ4n) is 1.69. The van der Waals surface area contributed by atoms with Gasteiger partial charge in [0.2, 0.25) is 0 Å². The van der Waals surface area contributed by atoms with Crippen molar-refractivity contribution in [2.24, 2.45) is 0 Å². The van der Waals surface area contributed by atoms with Gasteiger partial charge in [-0.05, 0) is 29.8 Å². The van der Waals surface area contributed by atoms with Crippen LogP contribution >= 0.6 is 0 Å². The van der Waals surface area contributed by atoms with Crippen molar-refractivity contribution >= 4 is 11.9 Å². The van der Waals surface area contributed by atoms with Crippen molar-refractivity contribution in [2.45, 2.75) is 6.61 Å². The van der Waals surface area contributed by atoms with Crippen LogP contribution in [0.5, 0.6) is 0 Å². The third-order valence-corrected chi connectivity index (χ3v) is 2.82. The molecule has 0 fully saturated rings. The van der Waals surface area contributed by atoms with Crippen molar-refractivity contribution in [2.75, 3.05) is 6.54 Å². The fourth-order valence-corrected chi connectivity index (χ4v) is 1.69. The summed E-state index contributed by atoms with van der Waals surface area (Å²) in [6.45, 7) is -0.414. The number of ether oxygens (including phenoxy) is 1. The summed E-state index contributed by atoms with van der Waals surface area (Å²) in [5, 5.41) is 2.27. The molecule has 0 aromatic heterocycles. The molecule has 6 heteroatoms. The van der Waals surface area contributed by atoms with E-state index in [4.69, 9.17) is 4.74 Å². The Morgan fingerprint density at radius 3 is 2.36 bits per heavy atom. The van der Waals surface area contributed by atoms with Gasteiger partial charge in [0.05, 0.1) is 5.56 Å². The second-order valence-electron chi connectivity index (χ2n) is 4.45. The molecule has 1 N–H and O–H groups in total. The Morgan fingerprint density at radius 1 is 1.00 bits per heavy atom. The highest BCUT2D eigenvalue weighted by Crippen LogP contribution is 2.06. The van der Waals surface area contributed by atoms with Gasteiger partial charge in [-0.1, -0.05) is 24.3 Å². The smallest absolute Gasteiger partial charge is 0.325 e. The number of hydrogen-bond acceptors (Lipinski definition) is 3. The predicted octanol–water partition coefficient (Wildman–Crippen LogP) is 2.44. The molecule has 0 heterocycles. The summed E-state index contributed by atoms with van der Waals surface area (Å²) in [6.07, 6.45) is 0. The fraction of sp³-hybridized carbons (Fsp3) is 0.125. The number of halogens is 2. The van der Waals surface area contributed by atoms with Crippen molar-refractivity contribution < 1.29 is 23.1 Å². The van der Waals surface area contributed by atoms with Gasteiger partial charge in [-0.2, -0.15) is 0 Å². The number of carbonyl (C=O) groups is 2. The third-order valence-electron chi connectivity index (χ3n) is 2.82. The van der Waals surface area contributed by atoms with Crippen LogP contribution < -0.4 is 5.32 Å². The maximum Gasteiger partial charge on any atom is 0.325 e. The first kappa shape index (κ1) is 15.6. The first-order chi connectivity index (χ1) is 10.6. The Labute approximate surface area is 125 Å². The minimum Gasteiger partial charge on any atom is -0.460 e. The van der Waals surface area contributed by atoms with Gasteiger partial charge in [0, 0.05) is 0 Å². The van der Waals surface area contributed by atoms with E-state index in [-0.39, 0.29) is 24.5 Å². The Kier molecular flexibility index (Phi) is 5.19. The SMILES string of the molecule is O=C(CNC(=O)c1ccccc1F)OCc1ccc(F)cc1. The first-order valence-electron chi connectivity index (χ1n) is 6.49.